The second-order valence-electron chi connectivity index (χ2n) is 2.47. The molecule has 0 spiro atoms. The van der Waals surface area contributed by atoms with Crippen molar-refractivity contribution >= 4 is 23.9 Å². The van der Waals surface area contributed by atoms with Gasteiger partial charge in [0.1, 0.15) is 11.4 Å². The number of methoxy groups -OCH3 is 1. The maximum Gasteiger partial charge on any atom is 0.413 e. The van der Waals surface area contributed by atoms with Crippen LogP contribution in [0, 0.1) is 5.41 Å². The number of carbonyl (C=O) groups excluding carboxylic acids is 1. The van der Waals surface area contributed by atoms with Crippen molar-refractivity contribution in [2.75, 3.05) is 18.2 Å². The van der Waals surface area contributed by atoms with Crippen LogP contribution >= 0.6 is 0 Å². The van der Waals surface area contributed by atoms with Crippen LogP contribution in [0.3, 0.4) is 0 Å². The lowest BCUT2D eigenvalue weighted by atomic mass is 10.4. The molecule has 8 nitrogen and oxygen atoms in total. The first-order chi connectivity index (χ1) is 7.08. The average Bonchev–Trinajstić information content (AvgIpc) is 2.22. The standard InChI is InChI=1S/C7H9N5O3/c1-15-7(14)12-6-10-3(2-8)4(9)5(13)11-6/h2,8H,9H2,1H3,(H2,10,11,12,13,14). The second-order valence-corrected chi connectivity index (χ2v) is 2.47. The Labute approximate surface area is 84.0 Å². The van der Waals surface area contributed by atoms with Gasteiger partial charge in [-0.15, -0.1) is 0 Å². The summed E-state index contributed by atoms with van der Waals surface area (Å²) in [6.07, 6.45) is 0.0337. The first-order valence-corrected chi connectivity index (χ1v) is 3.83. The summed E-state index contributed by atoms with van der Waals surface area (Å²) in [7, 11) is 1.17. The first kappa shape index (κ1) is 10.7. The van der Waals surface area contributed by atoms with Crippen molar-refractivity contribution in [2.45, 2.75) is 0 Å². The summed E-state index contributed by atoms with van der Waals surface area (Å²) in [6, 6.07) is 0. The number of nitrogen functional groups attached to an aromatic ring is 1. The molecule has 1 amide bonds. The van der Waals surface area contributed by atoms with Crippen LogP contribution in [-0.2, 0) is 4.74 Å². The van der Waals surface area contributed by atoms with Gasteiger partial charge in [-0.1, -0.05) is 0 Å². The van der Waals surface area contributed by atoms with Gasteiger partial charge in [0, 0.05) is 6.21 Å². The third kappa shape index (κ3) is 2.30. The van der Waals surface area contributed by atoms with E-state index >= 15 is 0 Å². The first-order valence-electron chi connectivity index (χ1n) is 3.83. The second kappa shape index (κ2) is 4.22. The monoisotopic (exact) mass is 211 g/mol. The molecule has 0 bridgehead atoms. The zero-order valence-electron chi connectivity index (χ0n) is 7.83. The average molecular weight is 211 g/mol. The third-order valence-electron chi connectivity index (χ3n) is 1.53. The molecule has 0 unspecified atom stereocenters. The number of aromatic amines is 1. The van der Waals surface area contributed by atoms with Crippen LogP contribution in [0.15, 0.2) is 4.79 Å². The van der Waals surface area contributed by atoms with E-state index in [0.717, 1.165) is 6.21 Å². The highest BCUT2D eigenvalue weighted by Crippen LogP contribution is 2.02. The summed E-state index contributed by atoms with van der Waals surface area (Å²) < 4.78 is 4.30. The van der Waals surface area contributed by atoms with Crippen molar-refractivity contribution in [2.24, 2.45) is 0 Å². The van der Waals surface area contributed by atoms with E-state index in [0.29, 0.717) is 0 Å². The van der Waals surface area contributed by atoms with E-state index in [1.54, 1.807) is 0 Å². The van der Waals surface area contributed by atoms with Gasteiger partial charge in [0.2, 0.25) is 5.95 Å². The van der Waals surface area contributed by atoms with Crippen LogP contribution in [-0.4, -0.2) is 29.4 Å². The maximum absolute atomic E-state index is 11.2. The van der Waals surface area contributed by atoms with Crippen LogP contribution in [0.4, 0.5) is 16.4 Å². The third-order valence-corrected chi connectivity index (χ3v) is 1.53. The summed E-state index contributed by atoms with van der Waals surface area (Å²) in [4.78, 5) is 27.9. The number of hydrogen-bond donors (Lipinski definition) is 4. The highest BCUT2D eigenvalue weighted by molar-refractivity contribution is 5.85. The highest BCUT2D eigenvalue weighted by Gasteiger charge is 2.08. The Bertz CT molecular complexity index is 452. The molecule has 0 saturated heterocycles. The van der Waals surface area contributed by atoms with Gasteiger partial charge in [-0.25, -0.2) is 9.78 Å². The summed E-state index contributed by atoms with van der Waals surface area (Å²) in [5.41, 5.74) is 4.49. The molecule has 0 fully saturated rings. The fourth-order valence-corrected chi connectivity index (χ4v) is 0.817. The van der Waals surface area contributed by atoms with Crippen molar-refractivity contribution in [1.29, 1.82) is 5.41 Å². The SMILES string of the molecule is COC(=O)Nc1nc(C=N)c(N)c(=O)[nH]1. The number of nitrogens with one attached hydrogen (secondary N) is 3. The van der Waals surface area contributed by atoms with Gasteiger partial charge >= 0.3 is 6.09 Å². The minimum Gasteiger partial charge on any atom is -0.453 e. The van der Waals surface area contributed by atoms with Gasteiger partial charge in [0.25, 0.3) is 5.56 Å². The number of hydrogen-bond acceptors (Lipinski definition) is 6. The number of amides is 1. The van der Waals surface area contributed by atoms with Gasteiger partial charge < -0.3 is 15.9 Å². The van der Waals surface area contributed by atoms with E-state index in [2.05, 4.69) is 20.0 Å². The van der Waals surface area contributed by atoms with Gasteiger partial charge in [-0.3, -0.25) is 15.1 Å². The molecule has 1 heterocycles. The molecule has 1 aromatic heterocycles. The van der Waals surface area contributed by atoms with Crippen molar-refractivity contribution in [3.63, 3.8) is 0 Å². The van der Waals surface area contributed by atoms with Crippen LogP contribution in [0.25, 0.3) is 0 Å². The number of aromatic nitrogens is 2. The van der Waals surface area contributed by atoms with Crippen LogP contribution in [0.1, 0.15) is 5.69 Å². The van der Waals surface area contributed by atoms with Crippen LogP contribution < -0.4 is 16.6 Å². The topological polar surface area (TPSA) is 134 Å². The summed E-state index contributed by atoms with van der Waals surface area (Å²) in [6.45, 7) is 0. The van der Waals surface area contributed by atoms with E-state index in [1.807, 2.05) is 0 Å². The molecule has 15 heavy (non-hydrogen) atoms. The van der Waals surface area contributed by atoms with E-state index in [1.165, 1.54) is 7.11 Å². The van der Waals surface area contributed by atoms with E-state index < -0.39 is 11.7 Å². The van der Waals surface area contributed by atoms with Gasteiger partial charge in [0.15, 0.2) is 0 Å². The normalized spacial score (nSPS) is 9.40. The Morgan fingerprint density at radius 3 is 2.93 bits per heavy atom. The highest BCUT2D eigenvalue weighted by atomic mass is 16.5. The predicted octanol–water partition coefficient (Wildman–Crippen LogP) is -0.472. The van der Waals surface area contributed by atoms with Crippen molar-refractivity contribution in [3.05, 3.63) is 16.0 Å². The quantitative estimate of drug-likeness (QED) is 0.490. The molecule has 1 rings (SSSR count). The molecule has 8 heteroatoms. The Balaban J connectivity index is 3.11. The summed E-state index contributed by atoms with van der Waals surface area (Å²) >= 11 is 0. The Morgan fingerprint density at radius 2 is 2.40 bits per heavy atom. The van der Waals surface area contributed by atoms with Crippen molar-refractivity contribution < 1.29 is 9.53 Å². The molecule has 0 radical (unpaired) electrons. The molecular formula is C7H9N5O3. The van der Waals surface area contributed by atoms with Gasteiger partial charge in [-0.05, 0) is 0 Å². The lowest BCUT2D eigenvalue weighted by Crippen LogP contribution is -2.21. The molecular weight excluding hydrogens is 202 g/mol. The van der Waals surface area contributed by atoms with Crippen molar-refractivity contribution in [1.82, 2.24) is 9.97 Å². The van der Waals surface area contributed by atoms with E-state index in [4.69, 9.17) is 11.1 Å². The Hall–Kier alpha value is -2.38. The molecule has 0 aromatic carbocycles. The molecule has 0 saturated carbocycles. The fourth-order valence-electron chi connectivity index (χ4n) is 0.817. The van der Waals surface area contributed by atoms with Gasteiger partial charge in [-0.2, -0.15) is 0 Å². The molecule has 0 aliphatic rings. The van der Waals surface area contributed by atoms with Crippen LogP contribution in [0.2, 0.25) is 0 Å². The zero-order chi connectivity index (χ0) is 11.4. The minimum absolute atomic E-state index is 0.0230. The Morgan fingerprint density at radius 1 is 1.73 bits per heavy atom. The molecule has 80 valence electrons. The van der Waals surface area contributed by atoms with Crippen LogP contribution in [0.5, 0.6) is 0 Å². The Kier molecular flexibility index (Phi) is 3.01. The van der Waals surface area contributed by atoms with Crippen molar-refractivity contribution in [3.8, 4) is 0 Å². The number of carbonyl (C=O) groups is 1. The van der Waals surface area contributed by atoms with E-state index in [-0.39, 0.29) is 17.3 Å². The van der Waals surface area contributed by atoms with Gasteiger partial charge in [0.05, 0.1) is 7.11 Å². The number of nitrogens with zero attached hydrogens (tertiary/aromatic N) is 1. The van der Waals surface area contributed by atoms with E-state index in [9.17, 15) is 9.59 Å². The lowest BCUT2D eigenvalue weighted by Gasteiger charge is -2.04. The lowest BCUT2D eigenvalue weighted by molar-refractivity contribution is 0.186. The molecule has 0 atom stereocenters. The number of nitrogens with two attached hydrogens (primary N) is 1. The number of anilines is 2. The molecule has 1 aromatic rings. The largest absolute Gasteiger partial charge is 0.453 e. The smallest absolute Gasteiger partial charge is 0.413 e. The summed E-state index contributed by atoms with van der Waals surface area (Å²) in [5.74, 6) is -0.125. The molecule has 0 aliphatic heterocycles. The summed E-state index contributed by atoms with van der Waals surface area (Å²) in [5, 5.41) is 9.09. The number of ether oxygens (including phenoxy) is 1. The predicted molar refractivity (Wildman–Crippen MR) is 53.2 cm³/mol. The number of rotatable bonds is 2. The zero-order valence-corrected chi connectivity index (χ0v) is 7.83. The number of H-pyrrole nitrogens is 1. The molecule has 5 N–H and O–H groups in total. The minimum atomic E-state index is -0.779. The maximum atomic E-state index is 11.2. The molecule has 0 aliphatic carbocycles. The fraction of sp³-hybridized carbons (Fsp3) is 0.143.